The highest BCUT2D eigenvalue weighted by Crippen LogP contribution is 2.22. The van der Waals surface area contributed by atoms with Crippen molar-refractivity contribution >= 4 is 11.4 Å². The molecule has 0 bridgehead atoms. The molecule has 0 aliphatic carbocycles. The summed E-state index contributed by atoms with van der Waals surface area (Å²) >= 11 is 0. The van der Waals surface area contributed by atoms with Crippen molar-refractivity contribution in [2.45, 2.75) is 40.7 Å². The zero-order valence-electron chi connectivity index (χ0n) is 11.6. The third-order valence-corrected chi connectivity index (χ3v) is 3.31. The van der Waals surface area contributed by atoms with Gasteiger partial charge in [0.15, 0.2) is 0 Å². The SMILES string of the molecule is C=C(NC(C)C(C)(C)C)c1ccc(N)c(C)c1. The number of benzene rings is 1. The maximum atomic E-state index is 5.81. The minimum absolute atomic E-state index is 0.214. The van der Waals surface area contributed by atoms with Crippen molar-refractivity contribution in [1.82, 2.24) is 5.32 Å². The average molecular weight is 232 g/mol. The van der Waals surface area contributed by atoms with Crippen LogP contribution in [0.25, 0.3) is 5.70 Å². The Balaban J connectivity index is 2.80. The van der Waals surface area contributed by atoms with Crippen molar-refractivity contribution in [2.75, 3.05) is 5.73 Å². The van der Waals surface area contributed by atoms with E-state index in [0.717, 1.165) is 22.5 Å². The van der Waals surface area contributed by atoms with Crippen molar-refractivity contribution in [3.05, 3.63) is 35.9 Å². The molecule has 0 fully saturated rings. The number of hydrogen-bond acceptors (Lipinski definition) is 2. The number of hydrogen-bond donors (Lipinski definition) is 2. The standard InChI is InChI=1S/C15H24N2/c1-10-9-13(7-8-14(10)16)11(2)17-12(3)15(4,5)6/h7-9,12,17H,2,16H2,1,3-6H3. The van der Waals surface area contributed by atoms with E-state index in [2.05, 4.69) is 45.7 Å². The predicted octanol–water partition coefficient (Wildman–Crippen LogP) is 3.57. The monoisotopic (exact) mass is 232 g/mol. The fourth-order valence-electron chi connectivity index (χ4n) is 1.42. The quantitative estimate of drug-likeness (QED) is 0.782. The molecule has 0 spiro atoms. The number of rotatable bonds is 3. The largest absolute Gasteiger partial charge is 0.399 e. The van der Waals surface area contributed by atoms with E-state index in [1.165, 1.54) is 0 Å². The predicted molar refractivity (Wildman–Crippen MR) is 76.7 cm³/mol. The van der Waals surface area contributed by atoms with Gasteiger partial charge in [0, 0.05) is 17.4 Å². The first-order valence-electron chi connectivity index (χ1n) is 6.03. The summed E-state index contributed by atoms with van der Waals surface area (Å²) in [7, 11) is 0. The summed E-state index contributed by atoms with van der Waals surface area (Å²) in [5, 5.41) is 3.45. The molecular weight excluding hydrogens is 208 g/mol. The lowest BCUT2D eigenvalue weighted by molar-refractivity contribution is 0.312. The summed E-state index contributed by atoms with van der Waals surface area (Å²) in [6.45, 7) is 14.9. The van der Waals surface area contributed by atoms with Crippen LogP contribution >= 0.6 is 0 Å². The molecule has 0 saturated carbocycles. The van der Waals surface area contributed by atoms with Gasteiger partial charge in [0.05, 0.1) is 0 Å². The number of nitrogens with one attached hydrogen (secondary N) is 1. The normalized spacial score (nSPS) is 13.2. The van der Waals surface area contributed by atoms with E-state index in [-0.39, 0.29) is 5.41 Å². The minimum Gasteiger partial charge on any atom is -0.399 e. The Morgan fingerprint density at radius 1 is 1.35 bits per heavy atom. The van der Waals surface area contributed by atoms with Crippen LogP contribution in [0.1, 0.15) is 38.8 Å². The molecule has 3 N–H and O–H groups in total. The van der Waals surface area contributed by atoms with E-state index in [9.17, 15) is 0 Å². The summed E-state index contributed by atoms with van der Waals surface area (Å²) in [5.74, 6) is 0. The van der Waals surface area contributed by atoms with Gasteiger partial charge in [-0.2, -0.15) is 0 Å². The second kappa shape index (κ2) is 4.82. The number of nitrogen functional groups attached to an aromatic ring is 1. The lowest BCUT2D eigenvalue weighted by atomic mass is 9.87. The fraction of sp³-hybridized carbons (Fsp3) is 0.467. The highest BCUT2D eigenvalue weighted by molar-refractivity contribution is 5.65. The van der Waals surface area contributed by atoms with E-state index in [4.69, 9.17) is 5.73 Å². The maximum Gasteiger partial charge on any atom is 0.0344 e. The van der Waals surface area contributed by atoms with Crippen LogP contribution in [0.5, 0.6) is 0 Å². The second-order valence-corrected chi connectivity index (χ2v) is 5.78. The third kappa shape index (κ3) is 3.52. The molecule has 1 atom stereocenters. The van der Waals surface area contributed by atoms with Crippen molar-refractivity contribution in [1.29, 1.82) is 0 Å². The van der Waals surface area contributed by atoms with Gasteiger partial charge in [0.1, 0.15) is 0 Å². The molecule has 2 heteroatoms. The lowest BCUT2D eigenvalue weighted by Crippen LogP contribution is -2.36. The first-order valence-corrected chi connectivity index (χ1v) is 6.03. The summed E-state index contributed by atoms with van der Waals surface area (Å²) in [6.07, 6.45) is 0. The van der Waals surface area contributed by atoms with Crippen LogP contribution in [-0.4, -0.2) is 6.04 Å². The van der Waals surface area contributed by atoms with Crippen molar-refractivity contribution in [2.24, 2.45) is 5.41 Å². The first kappa shape index (κ1) is 13.6. The van der Waals surface area contributed by atoms with Crippen LogP contribution in [-0.2, 0) is 0 Å². The summed E-state index contributed by atoms with van der Waals surface area (Å²) in [5.41, 5.74) is 10.00. The zero-order chi connectivity index (χ0) is 13.2. The van der Waals surface area contributed by atoms with Gasteiger partial charge in [-0.1, -0.05) is 33.4 Å². The molecule has 0 amide bonds. The van der Waals surface area contributed by atoms with Crippen LogP contribution in [0.2, 0.25) is 0 Å². The van der Waals surface area contributed by atoms with E-state index in [0.29, 0.717) is 6.04 Å². The van der Waals surface area contributed by atoms with Gasteiger partial charge in [0.25, 0.3) is 0 Å². The van der Waals surface area contributed by atoms with E-state index in [1.807, 2.05) is 19.1 Å². The Morgan fingerprint density at radius 3 is 2.41 bits per heavy atom. The van der Waals surface area contributed by atoms with Gasteiger partial charge < -0.3 is 11.1 Å². The Labute approximate surface area is 105 Å². The molecule has 17 heavy (non-hydrogen) atoms. The molecule has 2 nitrogen and oxygen atoms in total. The molecule has 1 rings (SSSR count). The topological polar surface area (TPSA) is 38.0 Å². The molecule has 94 valence electrons. The van der Waals surface area contributed by atoms with E-state index < -0.39 is 0 Å². The van der Waals surface area contributed by atoms with Gasteiger partial charge >= 0.3 is 0 Å². The zero-order valence-corrected chi connectivity index (χ0v) is 11.6. The minimum atomic E-state index is 0.214. The first-order chi connectivity index (χ1) is 7.71. The number of anilines is 1. The van der Waals surface area contributed by atoms with Crippen molar-refractivity contribution in [3.8, 4) is 0 Å². The molecule has 1 aromatic carbocycles. The van der Waals surface area contributed by atoms with Crippen LogP contribution < -0.4 is 11.1 Å². The van der Waals surface area contributed by atoms with Crippen molar-refractivity contribution in [3.63, 3.8) is 0 Å². The van der Waals surface area contributed by atoms with Gasteiger partial charge in [-0.05, 0) is 42.5 Å². The van der Waals surface area contributed by atoms with Gasteiger partial charge in [-0.15, -0.1) is 0 Å². The molecule has 0 radical (unpaired) electrons. The Morgan fingerprint density at radius 2 is 1.94 bits per heavy atom. The van der Waals surface area contributed by atoms with Gasteiger partial charge in [-0.25, -0.2) is 0 Å². The Hall–Kier alpha value is -1.44. The van der Waals surface area contributed by atoms with Crippen LogP contribution in [0.4, 0.5) is 5.69 Å². The lowest BCUT2D eigenvalue weighted by Gasteiger charge is -2.30. The van der Waals surface area contributed by atoms with Gasteiger partial charge in [0.2, 0.25) is 0 Å². The molecule has 0 heterocycles. The van der Waals surface area contributed by atoms with Gasteiger partial charge in [-0.3, -0.25) is 0 Å². The molecule has 0 saturated heterocycles. The summed E-state index contributed by atoms with van der Waals surface area (Å²) in [6, 6.07) is 6.37. The number of nitrogens with two attached hydrogens (primary N) is 1. The Kier molecular flexibility index (Phi) is 3.87. The average Bonchev–Trinajstić information content (AvgIpc) is 2.20. The molecular formula is C15H24N2. The molecule has 0 aliphatic rings. The highest BCUT2D eigenvalue weighted by Gasteiger charge is 2.20. The van der Waals surface area contributed by atoms with Crippen LogP contribution in [0, 0.1) is 12.3 Å². The van der Waals surface area contributed by atoms with E-state index in [1.54, 1.807) is 0 Å². The molecule has 1 aromatic rings. The number of aryl methyl sites for hydroxylation is 1. The highest BCUT2D eigenvalue weighted by atomic mass is 14.9. The van der Waals surface area contributed by atoms with E-state index >= 15 is 0 Å². The molecule has 1 unspecified atom stereocenters. The van der Waals surface area contributed by atoms with Crippen molar-refractivity contribution < 1.29 is 0 Å². The van der Waals surface area contributed by atoms with Crippen LogP contribution in [0.15, 0.2) is 24.8 Å². The summed E-state index contributed by atoms with van der Waals surface area (Å²) < 4.78 is 0. The third-order valence-electron chi connectivity index (χ3n) is 3.31. The fourth-order valence-corrected chi connectivity index (χ4v) is 1.42. The summed E-state index contributed by atoms with van der Waals surface area (Å²) in [4.78, 5) is 0. The van der Waals surface area contributed by atoms with Crippen LogP contribution in [0.3, 0.4) is 0 Å². The molecule has 0 aliphatic heterocycles. The second-order valence-electron chi connectivity index (χ2n) is 5.78. The smallest absolute Gasteiger partial charge is 0.0344 e. The maximum absolute atomic E-state index is 5.81. The Bertz CT molecular complexity index is 413. The molecule has 0 aromatic heterocycles.